The van der Waals surface area contributed by atoms with Crippen LogP contribution in [0, 0.1) is 0 Å². The molecular formula is C24H20N2O2S. The van der Waals surface area contributed by atoms with Gasteiger partial charge in [-0.05, 0) is 70.8 Å². The molecule has 4 aromatic carbocycles. The maximum atomic E-state index is 9.61. The summed E-state index contributed by atoms with van der Waals surface area (Å²) in [5.41, 5.74) is 17.5. The second-order valence-electron chi connectivity index (χ2n) is 6.71. The highest BCUT2D eigenvalue weighted by atomic mass is 32.2. The highest BCUT2D eigenvalue weighted by Crippen LogP contribution is 2.42. The summed E-state index contributed by atoms with van der Waals surface area (Å²) in [6, 6.07) is 25.8. The minimum atomic E-state index is 0.226. The number of hydrogen-bond donors (Lipinski definition) is 4. The molecule has 0 aliphatic heterocycles. The van der Waals surface area contributed by atoms with E-state index >= 15 is 0 Å². The zero-order chi connectivity index (χ0) is 20.4. The molecule has 0 spiro atoms. The number of aromatic hydroxyl groups is 2. The Morgan fingerprint density at radius 3 is 1.28 bits per heavy atom. The van der Waals surface area contributed by atoms with Crippen LogP contribution < -0.4 is 11.5 Å². The lowest BCUT2D eigenvalue weighted by Crippen LogP contribution is -1.91. The molecule has 0 radical (unpaired) electrons. The number of anilines is 2. The van der Waals surface area contributed by atoms with Gasteiger partial charge >= 0.3 is 0 Å². The van der Waals surface area contributed by atoms with Crippen LogP contribution in [0.2, 0.25) is 0 Å². The standard InChI is InChI=1S/C24H20N2O2S/c25-17-5-11-21(15-1-7-19(27)8-2-15)23(13-17)29-24-14-18(26)6-12-22(24)16-3-9-20(28)10-4-16/h1-14,27-28H,25-26H2. The topological polar surface area (TPSA) is 92.5 Å². The predicted molar refractivity (Wildman–Crippen MR) is 120 cm³/mol. The molecule has 0 saturated carbocycles. The van der Waals surface area contributed by atoms with E-state index in [2.05, 4.69) is 0 Å². The molecule has 0 unspecified atom stereocenters. The van der Waals surface area contributed by atoms with E-state index in [4.69, 9.17) is 11.5 Å². The average molecular weight is 401 g/mol. The minimum absolute atomic E-state index is 0.226. The van der Waals surface area contributed by atoms with Crippen LogP contribution in [0.15, 0.2) is 94.7 Å². The fraction of sp³-hybridized carbons (Fsp3) is 0. The zero-order valence-corrected chi connectivity index (χ0v) is 16.4. The summed E-state index contributed by atoms with van der Waals surface area (Å²) in [4.78, 5) is 1.97. The Morgan fingerprint density at radius 1 is 0.517 bits per heavy atom. The van der Waals surface area contributed by atoms with Gasteiger partial charge in [-0.2, -0.15) is 0 Å². The second-order valence-corrected chi connectivity index (χ2v) is 7.79. The molecule has 0 aliphatic carbocycles. The van der Waals surface area contributed by atoms with Crippen molar-refractivity contribution >= 4 is 23.1 Å². The van der Waals surface area contributed by atoms with Crippen molar-refractivity contribution in [3.05, 3.63) is 84.9 Å². The SMILES string of the molecule is Nc1ccc(-c2ccc(O)cc2)c(Sc2cc(N)ccc2-c2ccc(O)cc2)c1. The highest BCUT2D eigenvalue weighted by molar-refractivity contribution is 7.99. The smallest absolute Gasteiger partial charge is 0.115 e. The fourth-order valence-electron chi connectivity index (χ4n) is 3.12. The third kappa shape index (κ3) is 4.15. The van der Waals surface area contributed by atoms with E-state index in [0.29, 0.717) is 11.4 Å². The van der Waals surface area contributed by atoms with Gasteiger partial charge < -0.3 is 21.7 Å². The normalized spacial score (nSPS) is 10.8. The lowest BCUT2D eigenvalue weighted by atomic mass is 10.0. The first-order chi connectivity index (χ1) is 14.0. The van der Waals surface area contributed by atoms with E-state index in [9.17, 15) is 10.2 Å². The van der Waals surface area contributed by atoms with Crippen molar-refractivity contribution in [3.8, 4) is 33.8 Å². The van der Waals surface area contributed by atoms with Crippen LogP contribution in [0.1, 0.15) is 0 Å². The number of phenolic OH excluding ortho intramolecular Hbond substituents is 2. The summed E-state index contributed by atoms with van der Waals surface area (Å²) in [5, 5.41) is 19.2. The Labute approximate surface area is 173 Å². The summed E-state index contributed by atoms with van der Waals surface area (Å²) in [6.45, 7) is 0. The Hall–Kier alpha value is -3.57. The highest BCUT2D eigenvalue weighted by Gasteiger charge is 2.12. The van der Waals surface area contributed by atoms with Gasteiger partial charge in [-0.3, -0.25) is 0 Å². The van der Waals surface area contributed by atoms with Crippen LogP contribution >= 0.6 is 11.8 Å². The molecule has 0 fully saturated rings. The van der Waals surface area contributed by atoms with Crippen molar-refractivity contribution in [2.24, 2.45) is 0 Å². The van der Waals surface area contributed by atoms with Crippen molar-refractivity contribution in [2.45, 2.75) is 9.79 Å². The maximum absolute atomic E-state index is 9.61. The summed E-state index contributed by atoms with van der Waals surface area (Å²) in [6.07, 6.45) is 0. The lowest BCUT2D eigenvalue weighted by molar-refractivity contribution is 0.475. The van der Waals surface area contributed by atoms with Crippen molar-refractivity contribution in [1.82, 2.24) is 0 Å². The Morgan fingerprint density at radius 2 is 0.897 bits per heavy atom. The summed E-state index contributed by atoms with van der Waals surface area (Å²) < 4.78 is 0. The molecule has 0 aromatic heterocycles. The molecule has 4 aromatic rings. The molecular weight excluding hydrogens is 380 g/mol. The second kappa shape index (κ2) is 7.81. The third-order valence-electron chi connectivity index (χ3n) is 4.59. The van der Waals surface area contributed by atoms with Gasteiger partial charge in [0.15, 0.2) is 0 Å². The van der Waals surface area contributed by atoms with Gasteiger partial charge in [-0.25, -0.2) is 0 Å². The van der Waals surface area contributed by atoms with Crippen LogP contribution in [-0.4, -0.2) is 10.2 Å². The quantitative estimate of drug-likeness (QED) is 0.328. The van der Waals surface area contributed by atoms with Gasteiger partial charge in [0.05, 0.1) is 0 Å². The molecule has 6 N–H and O–H groups in total. The van der Waals surface area contributed by atoms with Gasteiger partial charge in [0.2, 0.25) is 0 Å². The summed E-state index contributed by atoms with van der Waals surface area (Å²) in [5.74, 6) is 0.452. The van der Waals surface area contributed by atoms with Gasteiger partial charge in [-0.1, -0.05) is 48.2 Å². The van der Waals surface area contributed by atoms with Crippen LogP contribution in [0.25, 0.3) is 22.3 Å². The zero-order valence-electron chi connectivity index (χ0n) is 15.5. The molecule has 0 amide bonds. The van der Waals surface area contributed by atoms with E-state index in [-0.39, 0.29) is 11.5 Å². The van der Waals surface area contributed by atoms with E-state index in [1.807, 2.05) is 60.7 Å². The van der Waals surface area contributed by atoms with Gasteiger partial charge in [0.25, 0.3) is 0 Å². The van der Waals surface area contributed by atoms with Gasteiger partial charge in [-0.15, -0.1) is 0 Å². The van der Waals surface area contributed by atoms with E-state index < -0.39 is 0 Å². The monoisotopic (exact) mass is 400 g/mol. The van der Waals surface area contributed by atoms with Gasteiger partial charge in [0, 0.05) is 21.2 Å². The van der Waals surface area contributed by atoms with E-state index in [1.165, 1.54) is 0 Å². The van der Waals surface area contributed by atoms with Crippen LogP contribution in [0.5, 0.6) is 11.5 Å². The van der Waals surface area contributed by atoms with Crippen molar-refractivity contribution in [1.29, 1.82) is 0 Å². The fourth-order valence-corrected chi connectivity index (χ4v) is 4.34. The number of nitrogens with two attached hydrogens (primary N) is 2. The molecule has 144 valence electrons. The summed E-state index contributed by atoms with van der Waals surface area (Å²) in [7, 11) is 0. The lowest BCUT2D eigenvalue weighted by Gasteiger charge is -2.14. The van der Waals surface area contributed by atoms with Crippen molar-refractivity contribution in [2.75, 3.05) is 11.5 Å². The number of rotatable bonds is 4. The maximum Gasteiger partial charge on any atom is 0.115 e. The first kappa shape index (κ1) is 18.8. The van der Waals surface area contributed by atoms with Crippen LogP contribution in [0.4, 0.5) is 11.4 Å². The summed E-state index contributed by atoms with van der Waals surface area (Å²) >= 11 is 1.58. The van der Waals surface area contributed by atoms with Crippen molar-refractivity contribution < 1.29 is 10.2 Å². The number of nitrogen functional groups attached to an aromatic ring is 2. The largest absolute Gasteiger partial charge is 0.508 e. The molecule has 5 heteroatoms. The molecule has 0 saturated heterocycles. The molecule has 29 heavy (non-hydrogen) atoms. The van der Waals surface area contributed by atoms with E-state index in [0.717, 1.165) is 32.0 Å². The first-order valence-corrected chi connectivity index (χ1v) is 9.87. The molecule has 0 heterocycles. The molecule has 0 atom stereocenters. The van der Waals surface area contributed by atoms with E-state index in [1.54, 1.807) is 36.0 Å². The predicted octanol–water partition coefficient (Wildman–Crippen LogP) is 5.75. The molecule has 0 aliphatic rings. The number of phenols is 2. The van der Waals surface area contributed by atoms with Crippen molar-refractivity contribution in [3.63, 3.8) is 0 Å². The minimum Gasteiger partial charge on any atom is -0.508 e. The number of hydrogen-bond acceptors (Lipinski definition) is 5. The number of benzene rings is 4. The molecule has 0 bridgehead atoms. The molecule has 4 rings (SSSR count). The first-order valence-electron chi connectivity index (χ1n) is 9.05. The van der Waals surface area contributed by atoms with Crippen LogP contribution in [0.3, 0.4) is 0 Å². The Balaban J connectivity index is 1.80. The Bertz CT molecular complexity index is 1060. The average Bonchev–Trinajstić information content (AvgIpc) is 2.70. The Kier molecular flexibility index (Phi) is 5.06. The van der Waals surface area contributed by atoms with Gasteiger partial charge in [0.1, 0.15) is 11.5 Å². The molecule has 4 nitrogen and oxygen atoms in total. The van der Waals surface area contributed by atoms with Crippen LogP contribution in [-0.2, 0) is 0 Å². The third-order valence-corrected chi connectivity index (χ3v) is 5.70.